The number of carbonyl (C=O) groups excluding carboxylic acids is 1. The van der Waals surface area contributed by atoms with Crippen LogP contribution in [0.3, 0.4) is 0 Å². The molecule has 5 nitrogen and oxygen atoms in total. The number of anilines is 1. The summed E-state index contributed by atoms with van der Waals surface area (Å²) in [6, 6.07) is 4.82. The van der Waals surface area contributed by atoms with E-state index in [0.717, 1.165) is 17.8 Å². The third kappa shape index (κ3) is 3.66. The molecule has 0 bridgehead atoms. The maximum Gasteiger partial charge on any atom is 0.336 e. The van der Waals surface area contributed by atoms with Crippen molar-refractivity contribution in [2.45, 2.75) is 26.7 Å². The summed E-state index contributed by atoms with van der Waals surface area (Å²) in [4.78, 5) is 27.9. The van der Waals surface area contributed by atoms with Crippen molar-refractivity contribution in [1.29, 1.82) is 0 Å². The summed E-state index contributed by atoms with van der Waals surface area (Å²) in [5.41, 5.74) is 1.31. The molecule has 2 N–H and O–H groups in total. The van der Waals surface area contributed by atoms with Gasteiger partial charge in [0.2, 0.25) is 0 Å². The molecule has 0 atom stereocenters. The third-order valence-electron chi connectivity index (χ3n) is 2.97. The zero-order valence-electron chi connectivity index (χ0n) is 11.8. The van der Waals surface area contributed by atoms with E-state index >= 15 is 0 Å². The van der Waals surface area contributed by atoms with Gasteiger partial charge in [-0.2, -0.15) is 0 Å². The van der Waals surface area contributed by atoms with Crippen LogP contribution in [0.1, 0.15) is 43.9 Å². The van der Waals surface area contributed by atoms with Crippen molar-refractivity contribution in [2.75, 3.05) is 5.32 Å². The quantitative estimate of drug-likeness (QED) is 0.887. The fraction of sp³-hybridized carbons (Fsp3) is 0.267. The van der Waals surface area contributed by atoms with Crippen LogP contribution in [-0.4, -0.2) is 22.0 Å². The van der Waals surface area contributed by atoms with Crippen molar-refractivity contribution in [3.05, 3.63) is 45.4 Å². The molecule has 0 fully saturated rings. The van der Waals surface area contributed by atoms with E-state index in [4.69, 9.17) is 5.11 Å². The van der Waals surface area contributed by atoms with Crippen molar-refractivity contribution >= 4 is 28.9 Å². The number of carboxylic acid groups (broad SMARTS) is 1. The van der Waals surface area contributed by atoms with Gasteiger partial charge >= 0.3 is 5.97 Å². The number of hydrogen-bond acceptors (Lipinski definition) is 4. The van der Waals surface area contributed by atoms with Crippen LogP contribution in [0.15, 0.2) is 24.4 Å². The molecule has 0 radical (unpaired) electrons. The normalized spacial score (nSPS) is 10.4. The van der Waals surface area contributed by atoms with Gasteiger partial charge in [0, 0.05) is 5.69 Å². The van der Waals surface area contributed by atoms with E-state index in [0.29, 0.717) is 16.1 Å². The second-order valence-corrected chi connectivity index (χ2v) is 5.77. The molecule has 1 amide bonds. The number of hydrogen-bond donors (Lipinski definition) is 2. The molecule has 0 saturated carbocycles. The number of aromatic nitrogens is 1. The summed E-state index contributed by atoms with van der Waals surface area (Å²) < 4.78 is 0. The molecule has 0 aliphatic heterocycles. The van der Waals surface area contributed by atoms with Crippen LogP contribution in [0.25, 0.3) is 0 Å². The number of aromatic carboxylic acids is 1. The number of benzene rings is 1. The SMILES string of the molecule is CCCc1ncc(C(=O)Nc2ccc(C)c(C(=O)O)c2)s1. The van der Waals surface area contributed by atoms with Gasteiger partial charge in [0.25, 0.3) is 5.91 Å². The van der Waals surface area contributed by atoms with Crippen molar-refractivity contribution in [3.63, 3.8) is 0 Å². The minimum Gasteiger partial charge on any atom is -0.478 e. The molecular weight excluding hydrogens is 288 g/mol. The largest absolute Gasteiger partial charge is 0.478 e. The Kier molecular flexibility index (Phi) is 4.70. The highest BCUT2D eigenvalue weighted by molar-refractivity contribution is 7.13. The van der Waals surface area contributed by atoms with Crippen molar-refractivity contribution in [1.82, 2.24) is 4.98 Å². The lowest BCUT2D eigenvalue weighted by molar-refractivity contribution is 0.0695. The number of aryl methyl sites for hydroxylation is 2. The number of amides is 1. The lowest BCUT2D eigenvalue weighted by atomic mass is 10.1. The van der Waals surface area contributed by atoms with E-state index in [9.17, 15) is 9.59 Å². The average Bonchev–Trinajstić information content (AvgIpc) is 2.90. The molecule has 110 valence electrons. The Morgan fingerprint density at radius 2 is 2.14 bits per heavy atom. The summed E-state index contributed by atoms with van der Waals surface area (Å²) >= 11 is 1.36. The van der Waals surface area contributed by atoms with E-state index < -0.39 is 5.97 Å². The Balaban J connectivity index is 2.15. The van der Waals surface area contributed by atoms with Gasteiger partial charge in [-0.05, 0) is 37.5 Å². The Morgan fingerprint density at radius 3 is 2.81 bits per heavy atom. The van der Waals surface area contributed by atoms with Gasteiger partial charge in [-0.3, -0.25) is 4.79 Å². The lowest BCUT2D eigenvalue weighted by Crippen LogP contribution is -2.11. The molecule has 0 spiro atoms. The topological polar surface area (TPSA) is 79.3 Å². The van der Waals surface area contributed by atoms with Crippen molar-refractivity contribution < 1.29 is 14.7 Å². The van der Waals surface area contributed by atoms with E-state index in [2.05, 4.69) is 17.2 Å². The monoisotopic (exact) mass is 304 g/mol. The van der Waals surface area contributed by atoms with Crippen LogP contribution in [0.5, 0.6) is 0 Å². The molecule has 0 unspecified atom stereocenters. The Bertz CT molecular complexity index is 679. The molecule has 6 heteroatoms. The number of thiazole rings is 1. The highest BCUT2D eigenvalue weighted by atomic mass is 32.1. The number of rotatable bonds is 5. The van der Waals surface area contributed by atoms with Crippen LogP contribution in [0.4, 0.5) is 5.69 Å². The standard InChI is InChI=1S/C15H16N2O3S/c1-3-4-13-16-8-12(21-13)14(18)17-10-6-5-9(2)11(7-10)15(19)20/h5-8H,3-4H2,1-2H3,(H,17,18)(H,19,20). The molecule has 2 aromatic rings. The van der Waals surface area contributed by atoms with Crippen molar-refractivity contribution in [2.24, 2.45) is 0 Å². The Morgan fingerprint density at radius 1 is 1.38 bits per heavy atom. The number of carbonyl (C=O) groups is 2. The van der Waals surface area contributed by atoms with E-state index in [1.165, 1.54) is 17.4 Å². The predicted octanol–water partition coefficient (Wildman–Crippen LogP) is 3.35. The van der Waals surface area contributed by atoms with Gasteiger partial charge in [0.1, 0.15) is 4.88 Å². The molecule has 1 aromatic carbocycles. The first kappa shape index (κ1) is 15.2. The van der Waals surface area contributed by atoms with Crippen LogP contribution < -0.4 is 5.32 Å². The molecule has 1 aromatic heterocycles. The number of nitrogens with zero attached hydrogens (tertiary/aromatic N) is 1. The van der Waals surface area contributed by atoms with Gasteiger partial charge in [0.15, 0.2) is 0 Å². The number of carboxylic acids is 1. The summed E-state index contributed by atoms with van der Waals surface area (Å²) in [6.07, 6.45) is 3.39. The van der Waals surface area contributed by atoms with Crippen molar-refractivity contribution in [3.8, 4) is 0 Å². The molecule has 0 aliphatic carbocycles. The van der Waals surface area contributed by atoms with Gasteiger partial charge in [-0.15, -0.1) is 11.3 Å². The Labute approximate surface area is 126 Å². The first-order valence-electron chi connectivity index (χ1n) is 6.61. The smallest absolute Gasteiger partial charge is 0.336 e. The fourth-order valence-corrected chi connectivity index (χ4v) is 2.78. The van der Waals surface area contributed by atoms with Gasteiger partial charge in [0.05, 0.1) is 16.8 Å². The molecule has 1 heterocycles. The van der Waals surface area contributed by atoms with Crippen LogP contribution in [-0.2, 0) is 6.42 Å². The first-order valence-corrected chi connectivity index (χ1v) is 7.43. The van der Waals surface area contributed by atoms with Gasteiger partial charge < -0.3 is 10.4 Å². The Hall–Kier alpha value is -2.21. The molecule has 0 saturated heterocycles. The second kappa shape index (κ2) is 6.49. The first-order chi connectivity index (χ1) is 10.0. The molecule has 2 rings (SSSR count). The highest BCUT2D eigenvalue weighted by Gasteiger charge is 2.13. The summed E-state index contributed by atoms with van der Waals surface area (Å²) in [7, 11) is 0. The van der Waals surface area contributed by atoms with E-state index in [-0.39, 0.29) is 11.5 Å². The molecule has 21 heavy (non-hydrogen) atoms. The van der Waals surface area contributed by atoms with E-state index in [1.807, 2.05) is 0 Å². The van der Waals surface area contributed by atoms with Gasteiger partial charge in [-0.25, -0.2) is 9.78 Å². The minimum absolute atomic E-state index is 0.184. The maximum absolute atomic E-state index is 12.1. The fourth-order valence-electron chi connectivity index (χ4n) is 1.87. The molecular formula is C15H16N2O3S. The summed E-state index contributed by atoms with van der Waals surface area (Å²) in [5, 5.41) is 12.7. The van der Waals surface area contributed by atoms with Crippen LogP contribution in [0.2, 0.25) is 0 Å². The van der Waals surface area contributed by atoms with E-state index in [1.54, 1.807) is 25.3 Å². The molecule has 0 aliphatic rings. The minimum atomic E-state index is -1.01. The summed E-state index contributed by atoms with van der Waals surface area (Å²) in [5.74, 6) is -1.28. The van der Waals surface area contributed by atoms with Crippen LogP contribution in [0, 0.1) is 6.92 Å². The predicted molar refractivity (Wildman–Crippen MR) is 82.2 cm³/mol. The highest BCUT2D eigenvalue weighted by Crippen LogP contribution is 2.19. The lowest BCUT2D eigenvalue weighted by Gasteiger charge is -2.06. The number of nitrogens with one attached hydrogen (secondary N) is 1. The van der Waals surface area contributed by atoms with Crippen LogP contribution >= 0.6 is 11.3 Å². The summed E-state index contributed by atoms with van der Waals surface area (Å²) in [6.45, 7) is 3.77. The van der Waals surface area contributed by atoms with Gasteiger partial charge in [-0.1, -0.05) is 13.0 Å². The average molecular weight is 304 g/mol. The third-order valence-corrected chi connectivity index (χ3v) is 4.02. The maximum atomic E-state index is 12.1. The zero-order chi connectivity index (χ0) is 15.4. The zero-order valence-corrected chi connectivity index (χ0v) is 12.7. The second-order valence-electron chi connectivity index (χ2n) is 4.66.